The van der Waals surface area contributed by atoms with Gasteiger partial charge in [-0.25, -0.2) is 0 Å². The van der Waals surface area contributed by atoms with Crippen molar-refractivity contribution in [2.45, 2.75) is 26.4 Å². The van der Waals surface area contributed by atoms with E-state index < -0.39 is 6.10 Å². The van der Waals surface area contributed by atoms with E-state index in [1.54, 1.807) is 0 Å². The minimum Gasteiger partial charge on any atom is -0.493 e. The highest BCUT2D eigenvalue weighted by atomic mass is 16.5. The molecule has 2 N–H and O–H groups in total. The largest absolute Gasteiger partial charge is 0.493 e. The van der Waals surface area contributed by atoms with E-state index in [0.29, 0.717) is 13.0 Å². The molecule has 1 aromatic carbocycles. The summed E-state index contributed by atoms with van der Waals surface area (Å²) in [6, 6.07) is 5.99. The van der Waals surface area contributed by atoms with Crippen LogP contribution in [0.15, 0.2) is 18.2 Å². The average Bonchev–Trinajstić information content (AvgIpc) is 2.56. The third-order valence-corrected chi connectivity index (χ3v) is 4.42. The number of aliphatic hydroxyl groups is 2. The van der Waals surface area contributed by atoms with Gasteiger partial charge in [0, 0.05) is 44.8 Å². The summed E-state index contributed by atoms with van der Waals surface area (Å²) >= 11 is 0. The number of ether oxygens (including phenoxy) is 1. The third-order valence-electron chi connectivity index (χ3n) is 4.42. The van der Waals surface area contributed by atoms with Crippen molar-refractivity contribution < 1.29 is 14.9 Å². The Hall–Kier alpha value is -1.14. The number of nitrogens with zero attached hydrogens (tertiary/aromatic N) is 2. The van der Waals surface area contributed by atoms with E-state index in [1.807, 2.05) is 32.0 Å². The van der Waals surface area contributed by atoms with Crippen molar-refractivity contribution in [3.8, 4) is 5.75 Å². The van der Waals surface area contributed by atoms with Crippen molar-refractivity contribution in [3.05, 3.63) is 29.3 Å². The Morgan fingerprint density at radius 1 is 1.13 bits per heavy atom. The van der Waals surface area contributed by atoms with Crippen molar-refractivity contribution >= 4 is 0 Å². The smallest absolute Gasteiger partial charge is 0.125 e. The van der Waals surface area contributed by atoms with Gasteiger partial charge in [0.25, 0.3) is 0 Å². The number of hydrogen-bond acceptors (Lipinski definition) is 5. The number of hydrogen-bond donors (Lipinski definition) is 2. The molecule has 2 rings (SSSR count). The summed E-state index contributed by atoms with van der Waals surface area (Å²) in [6.45, 7) is 10.5. The van der Waals surface area contributed by atoms with Crippen molar-refractivity contribution in [2.75, 3.05) is 52.5 Å². The number of rotatable bonds is 8. The molecule has 1 heterocycles. The van der Waals surface area contributed by atoms with Gasteiger partial charge in [-0.15, -0.1) is 0 Å². The Kier molecular flexibility index (Phi) is 7.30. The lowest BCUT2D eigenvalue weighted by molar-refractivity contribution is 0.0914. The quantitative estimate of drug-likeness (QED) is 0.758. The van der Waals surface area contributed by atoms with Crippen LogP contribution in [0.2, 0.25) is 0 Å². The second-order valence-electron chi connectivity index (χ2n) is 6.19. The zero-order valence-electron chi connectivity index (χ0n) is 14.4. The number of β-amino-alcohol motifs (C(OH)–C–C–N with tert-alkyl or cyclic N) is 1. The van der Waals surface area contributed by atoms with Crippen molar-refractivity contribution in [2.24, 2.45) is 0 Å². The monoisotopic (exact) mass is 322 g/mol. The highest BCUT2D eigenvalue weighted by molar-refractivity contribution is 5.38. The summed E-state index contributed by atoms with van der Waals surface area (Å²) in [7, 11) is 0. The van der Waals surface area contributed by atoms with Crippen LogP contribution in [0.5, 0.6) is 5.75 Å². The zero-order valence-corrected chi connectivity index (χ0v) is 14.4. The van der Waals surface area contributed by atoms with Gasteiger partial charge in [-0.05, 0) is 32.4 Å². The predicted molar refractivity (Wildman–Crippen MR) is 91.9 cm³/mol. The van der Waals surface area contributed by atoms with E-state index in [-0.39, 0.29) is 6.61 Å². The molecule has 1 aromatic rings. The van der Waals surface area contributed by atoms with Crippen LogP contribution in [0.1, 0.15) is 30.6 Å². The molecular formula is C18H30N2O3. The Balaban J connectivity index is 1.85. The SMILES string of the molecule is CCOc1ccc(C)cc1C(O)CCN1CCN(CCO)CC1. The maximum Gasteiger partial charge on any atom is 0.125 e. The van der Waals surface area contributed by atoms with E-state index in [9.17, 15) is 5.11 Å². The highest BCUT2D eigenvalue weighted by Gasteiger charge is 2.19. The standard InChI is InChI=1S/C18H30N2O3/c1-3-23-18-5-4-15(2)14-16(18)17(22)6-7-19-8-10-20(11-9-19)12-13-21/h4-5,14,17,21-22H,3,6-13H2,1-2H3. The van der Waals surface area contributed by atoms with Crippen LogP contribution >= 0.6 is 0 Å². The molecule has 23 heavy (non-hydrogen) atoms. The first kappa shape index (κ1) is 18.2. The van der Waals surface area contributed by atoms with E-state index in [0.717, 1.165) is 56.1 Å². The molecule has 0 aliphatic carbocycles. The summed E-state index contributed by atoms with van der Waals surface area (Å²) in [4.78, 5) is 4.66. The van der Waals surface area contributed by atoms with E-state index in [4.69, 9.17) is 9.84 Å². The summed E-state index contributed by atoms with van der Waals surface area (Å²) in [5.41, 5.74) is 2.03. The molecule has 0 spiro atoms. The Morgan fingerprint density at radius 3 is 2.39 bits per heavy atom. The van der Waals surface area contributed by atoms with Gasteiger partial charge >= 0.3 is 0 Å². The Morgan fingerprint density at radius 2 is 1.78 bits per heavy atom. The minimum absolute atomic E-state index is 0.228. The fourth-order valence-electron chi connectivity index (χ4n) is 3.05. The van der Waals surface area contributed by atoms with Gasteiger partial charge in [0.2, 0.25) is 0 Å². The molecule has 1 aliphatic heterocycles. The average molecular weight is 322 g/mol. The van der Waals surface area contributed by atoms with E-state index in [2.05, 4.69) is 9.80 Å². The van der Waals surface area contributed by atoms with Crippen LogP contribution in [0.4, 0.5) is 0 Å². The molecule has 1 atom stereocenters. The molecule has 1 fully saturated rings. The molecule has 130 valence electrons. The number of benzene rings is 1. The molecule has 1 unspecified atom stereocenters. The van der Waals surface area contributed by atoms with Gasteiger partial charge in [-0.3, -0.25) is 4.90 Å². The van der Waals surface area contributed by atoms with Crippen molar-refractivity contribution in [3.63, 3.8) is 0 Å². The van der Waals surface area contributed by atoms with E-state index in [1.165, 1.54) is 0 Å². The summed E-state index contributed by atoms with van der Waals surface area (Å²) in [5.74, 6) is 0.790. The fourth-order valence-corrected chi connectivity index (χ4v) is 3.05. The van der Waals surface area contributed by atoms with Crippen molar-refractivity contribution in [1.82, 2.24) is 9.80 Å². The second kappa shape index (κ2) is 9.23. The Bertz CT molecular complexity index is 473. The van der Waals surface area contributed by atoms with Crippen LogP contribution in [0.3, 0.4) is 0 Å². The molecule has 0 aromatic heterocycles. The van der Waals surface area contributed by atoms with Gasteiger partial charge in [0.15, 0.2) is 0 Å². The fraction of sp³-hybridized carbons (Fsp3) is 0.667. The molecule has 1 saturated heterocycles. The van der Waals surface area contributed by atoms with Gasteiger partial charge in [-0.2, -0.15) is 0 Å². The third kappa shape index (κ3) is 5.46. The second-order valence-corrected chi connectivity index (χ2v) is 6.19. The maximum atomic E-state index is 10.6. The highest BCUT2D eigenvalue weighted by Crippen LogP contribution is 2.28. The summed E-state index contributed by atoms with van der Waals surface area (Å²) in [6.07, 6.45) is 0.218. The first-order valence-electron chi connectivity index (χ1n) is 8.61. The minimum atomic E-state index is -0.494. The summed E-state index contributed by atoms with van der Waals surface area (Å²) < 4.78 is 5.64. The van der Waals surface area contributed by atoms with Crippen molar-refractivity contribution in [1.29, 1.82) is 0 Å². The molecule has 5 nitrogen and oxygen atoms in total. The van der Waals surface area contributed by atoms with Crippen LogP contribution in [-0.2, 0) is 0 Å². The van der Waals surface area contributed by atoms with Crippen LogP contribution < -0.4 is 4.74 Å². The van der Waals surface area contributed by atoms with Gasteiger partial charge in [0.05, 0.1) is 19.3 Å². The zero-order chi connectivity index (χ0) is 16.7. The number of aliphatic hydroxyl groups excluding tert-OH is 2. The molecule has 0 saturated carbocycles. The lowest BCUT2D eigenvalue weighted by Crippen LogP contribution is -2.47. The molecular weight excluding hydrogens is 292 g/mol. The maximum absolute atomic E-state index is 10.6. The van der Waals surface area contributed by atoms with Crippen LogP contribution in [0.25, 0.3) is 0 Å². The predicted octanol–water partition coefficient (Wildman–Crippen LogP) is 1.43. The van der Waals surface area contributed by atoms with Gasteiger partial charge in [-0.1, -0.05) is 11.6 Å². The normalized spacial score (nSPS) is 18.1. The molecule has 0 amide bonds. The summed E-state index contributed by atoms with van der Waals surface area (Å²) in [5, 5.41) is 19.5. The molecule has 1 aliphatic rings. The van der Waals surface area contributed by atoms with Crippen LogP contribution in [0, 0.1) is 6.92 Å². The molecule has 0 bridgehead atoms. The van der Waals surface area contributed by atoms with Gasteiger partial charge in [0.1, 0.15) is 5.75 Å². The molecule has 0 radical (unpaired) electrons. The molecule has 5 heteroatoms. The number of piperazine rings is 1. The first-order valence-corrected chi connectivity index (χ1v) is 8.61. The van der Waals surface area contributed by atoms with E-state index >= 15 is 0 Å². The Labute approximate surface area is 139 Å². The lowest BCUT2D eigenvalue weighted by Gasteiger charge is -2.34. The first-order chi connectivity index (χ1) is 11.1. The topological polar surface area (TPSA) is 56.2 Å². The lowest BCUT2D eigenvalue weighted by atomic mass is 10.0. The number of aryl methyl sites for hydroxylation is 1. The van der Waals surface area contributed by atoms with Gasteiger partial charge < -0.3 is 19.8 Å². The van der Waals surface area contributed by atoms with Crippen LogP contribution in [-0.4, -0.2) is 72.5 Å².